The number of aromatic nitrogens is 1. The first kappa shape index (κ1) is 13.6. The zero-order valence-corrected chi connectivity index (χ0v) is 10.3. The first-order valence-corrected chi connectivity index (χ1v) is 5.37. The van der Waals surface area contributed by atoms with E-state index < -0.39 is 17.6 Å². The van der Waals surface area contributed by atoms with Crippen LogP contribution in [0.15, 0.2) is 24.5 Å². The van der Waals surface area contributed by atoms with Crippen LogP contribution in [-0.4, -0.2) is 34.8 Å². The number of rotatable bonds is 5. The molecular weight excluding hydrogens is 220 g/mol. The molecule has 1 heterocycles. The van der Waals surface area contributed by atoms with Crippen LogP contribution in [0.1, 0.15) is 19.4 Å². The lowest BCUT2D eigenvalue weighted by atomic mass is 9.97. The van der Waals surface area contributed by atoms with Crippen LogP contribution in [0.4, 0.5) is 0 Å². The fourth-order valence-corrected chi connectivity index (χ4v) is 1.34. The topological polar surface area (TPSA) is 71.5 Å². The first-order chi connectivity index (χ1) is 7.97. The number of aliphatic hydroxyl groups excluding tert-OH is 1. The van der Waals surface area contributed by atoms with Gasteiger partial charge in [-0.05, 0) is 25.5 Å². The van der Waals surface area contributed by atoms with Gasteiger partial charge < -0.3 is 15.2 Å². The number of ether oxygens (including phenoxy) is 1. The highest BCUT2D eigenvalue weighted by Crippen LogP contribution is 2.11. The Morgan fingerprint density at radius 2 is 2.35 bits per heavy atom. The number of methoxy groups -OCH3 is 1. The molecule has 17 heavy (non-hydrogen) atoms. The SMILES string of the molecule is COC(=O)[C@H](O)C(C)(C)NCc1cccnc1. The zero-order chi connectivity index (χ0) is 12.9. The van der Waals surface area contributed by atoms with Crippen molar-refractivity contribution >= 4 is 5.97 Å². The highest BCUT2D eigenvalue weighted by atomic mass is 16.5. The Hall–Kier alpha value is -1.46. The molecule has 5 nitrogen and oxygen atoms in total. The number of hydrogen-bond donors (Lipinski definition) is 2. The lowest BCUT2D eigenvalue weighted by Crippen LogP contribution is -2.53. The molecule has 0 amide bonds. The van der Waals surface area contributed by atoms with Crippen LogP contribution in [-0.2, 0) is 16.1 Å². The van der Waals surface area contributed by atoms with Crippen molar-refractivity contribution < 1.29 is 14.6 Å². The van der Waals surface area contributed by atoms with E-state index in [0.29, 0.717) is 6.54 Å². The van der Waals surface area contributed by atoms with Crippen molar-refractivity contribution in [2.75, 3.05) is 7.11 Å². The number of nitrogens with zero attached hydrogens (tertiary/aromatic N) is 1. The summed E-state index contributed by atoms with van der Waals surface area (Å²) in [5.41, 5.74) is 0.223. The fourth-order valence-electron chi connectivity index (χ4n) is 1.34. The Kier molecular flexibility index (Phi) is 4.60. The average Bonchev–Trinajstić information content (AvgIpc) is 2.36. The molecule has 0 unspecified atom stereocenters. The van der Waals surface area contributed by atoms with E-state index in [0.717, 1.165) is 5.56 Å². The zero-order valence-electron chi connectivity index (χ0n) is 10.3. The summed E-state index contributed by atoms with van der Waals surface area (Å²) in [5.74, 6) is -0.645. The summed E-state index contributed by atoms with van der Waals surface area (Å²) in [7, 11) is 1.25. The molecule has 0 saturated heterocycles. The highest BCUT2D eigenvalue weighted by Gasteiger charge is 2.33. The van der Waals surface area contributed by atoms with Crippen molar-refractivity contribution in [3.63, 3.8) is 0 Å². The molecule has 1 atom stereocenters. The first-order valence-electron chi connectivity index (χ1n) is 5.37. The lowest BCUT2D eigenvalue weighted by Gasteiger charge is -2.30. The number of carbonyl (C=O) groups is 1. The molecule has 0 aliphatic rings. The van der Waals surface area contributed by atoms with Gasteiger partial charge in [-0.2, -0.15) is 0 Å². The van der Waals surface area contributed by atoms with Crippen LogP contribution in [0.2, 0.25) is 0 Å². The van der Waals surface area contributed by atoms with Gasteiger partial charge in [-0.3, -0.25) is 4.98 Å². The lowest BCUT2D eigenvalue weighted by molar-refractivity contribution is -0.154. The van der Waals surface area contributed by atoms with Gasteiger partial charge >= 0.3 is 5.97 Å². The van der Waals surface area contributed by atoms with Crippen LogP contribution < -0.4 is 5.32 Å². The molecule has 0 aliphatic heterocycles. The molecule has 0 spiro atoms. The summed E-state index contributed by atoms with van der Waals surface area (Å²) < 4.78 is 4.51. The van der Waals surface area contributed by atoms with Gasteiger partial charge in [0.1, 0.15) is 0 Å². The van der Waals surface area contributed by atoms with Crippen LogP contribution in [0.25, 0.3) is 0 Å². The third-order valence-corrected chi connectivity index (χ3v) is 2.58. The largest absolute Gasteiger partial charge is 0.467 e. The Labute approximate surface area is 101 Å². The number of aliphatic hydroxyl groups is 1. The van der Waals surface area contributed by atoms with Crippen LogP contribution >= 0.6 is 0 Å². The van der Waals surface area contributed by atoms with Gasteiger partial charge in [-0.15, -0.1) is 0 Å². The Morgan fingerprint density at radius 3 is 2.88 bits per heavy atom. The van der Waals surface area contributed by atoms with Gasteiger partial charge in [0.2, 0.25) is 0 Å². The molecule has 2 N–H and O–H groups in total. The van der Waals surface area contributed by atoms with E-state index in [2.05, 4.69) is 15.0 Å². The smallest absolute Gasteiger partial charge is 0.336 e. The maximum Gasteiger partial charge on any atom is 0.336 e. The quantitative estimate of drug-likeness (QED) is 0.730. The van der Waals surface area contributed by atoms with E-state index in [1.54, 1.807) is 26.2 Å². The average molecular weight is 238 g/mol. The summed E-state index contributed by atoms with van der Waals surface area (Å²) in [6, 6.07) is 3.75. The number of hydrogen-bond acceptors (Lipinski definition) is 5. The number of carbonyl (C=O) groups excluding carboxylic acids is 1. The second-order valence-corrected chi connectivity index (χ2v) is 4.36. The molecule has 0 radical (unpaired) electrons. The van der Waals surface area contributed by atoms with Crippen molar-refractivity contribution in [3.05, 3.63) is 30.1 Å². The number of esters is 1. The van der Waals surface area contributed by atoms with Crippen molar-refractivity contribution in [1.29, 1.82) is 0 Å². The van der Waals surface area contributed by atoms with Crippen LogP contribution in [0.3, 0.4) is 0 Å². The van der Waals surface area contributed by atoms with E-state index in [4.69, 9.17) is 0 Å². The second kappa shape index (κ2) is 5.75. The maximum absolute atomic E-state index is 11.2. The second-order valence-electron chi connectivity index (χ2n) is 4.36. The molecule has 0 bridgehead atoms. The van der Waals surface area contributed by atoms with Crippen molar-refractivity contribution in [1.82, 2.24) is 10.3 Å². The summed E-state index contributed by atoms with van der Waals surface area (Å²) in [6.45, 7) is 4.00. The predicted molar refractivity (Wildman–Crippen MR) is 63.2 cm³/mol. The summed E-state index contributed by atoms with van der Waals surface area (Å²) >= 11 is 0. The van der Waals surface area contributed by atoms with Gasteiger partial charge in [-0.1, -0.05) is 6.07 Å². The summed E-state index contributed by atoms with van der Waals surface area (Å²) in [4.78, 5) is 15.2. The van der Waals surface area contributed by atoms with Crippen molar-refractivity contribution in [3.8, 4) is 0 Å². The Bertz CT molecular complexity index is 365. The van der Waals surface area contributed by atoms with E-state index in [-0.39, 0.29) is 0 Å². The molecule has 0 fully saturated rings. The third-order valence-electron chi connectivity index (χ3n) is 2.58. The van der Waals surface area contributed by atoms with E-state index in [9.17, 15) is 9.90 Å². The van der Waals surface area contributed by atoms with E-state index in [1.807, 2.05) is 12.1 Å². The van der Waals surface area contributed by atoms with Crippen LogP contribution in [0.5, 0.6) is 0 Å². The minimum absolute atomic E-state index is 0.523. The van der Waals surface area contributed by atoms with Gasteiger partial charge in [0.25, 0.3) is 0 Å². The summed E-state index contributed by atoms with van der Waals surface area (Å²) in [6.07, 6.45) is 2.22. The molecule has 1 rings (SSSR count). The van der Waals surface area contributed by atoms with Gasteiger partial charge in [0.05, 0.1) is 7.11 Å². The Balaban J connectivity index is 2.58. The molecule has 1 aromatic heterocycles. The van der Waals surface area contributed by atoms with Crippen LogP contribution in [0, 0.1) is 0 Å². The number of pyridine rings is 1. The van der Waals surface area contributed by atoms with Gasteiger partial charge in [0, 0.05) is 24.5 Å². The minimum Gasteiger partial charge on any atom is -0.467 e. The highest BCUT2D eigenvalue weighted by molar-refractivity contribution is 5.75. The molecule has 0 saturated carbocycles. The Morgan fingerprint density at radius 1 is 1.65 bits per heavy atom. The molecular formula is C12H18N2O3. The fraction of sp³-hybridized carbons (Fsp3) is 0.500. The molecule has 5 heteroatoms. The van der Waals surface area contributed by atoms with E-state index >= 15 is 0 Å². The van der Waals surface area contributed by atoms with E-state index in [1.165, 1.54) is 7.11 Å². The molecule has 94 valence electrons. The van der Waals surface area contributed by atoms with Crippen molar-refractivity contribution in [2.45, 2.75) is 32.0 Å². The predicted octanol–water partition coefficient (Wildman–Crippen LogP) is 0.484. The van der Waals surface area contributed by atoms with Gasteiger partial charge in [-0.25, -0.2) is 4.79 Å². The maximum atomic E-state index is 11.2. The summed E-state index contributed by atoms with van der Waals surface area (Å²) in [5, 5.41) is 12.9. The minimum atomic E-state index is -1.20. The third kappa shape index (κ3) is 3.80. The normalized spacial score (nSPS) is 13.2. The number of nitrogens with one attached hydrogen (secondary N) is 1. The van der Waals surface area contributed by atoms with Gasteiger partial charge in [0.15, 0.2) is 6.10 Å². The molecule has 0 aliphatic carbocycles. The monoisotopic (exact) mass is 238 g/mol. The molecule has 0 aromatic carbocycles. The van der Waals surface area contributed by atoms with Crippen molar-refractivity contribution in [2.24, 2.45) is 0 Å². The molecule has 1 aromatic rings. The standard InChI is InChI=1S/C12H18N2O3/c1-12(2,10(15)11(16)17-3)14-8-9-5-4-6-13-7-9/h4-7,10,14-15H,8H2,1-3H3/t10-/m0/s1.